The molecular formula is C6H10O2. The zero-order chi connectivity index (χ0) is 5.98. The molecule has 1 aliphatic heterocycles. The van der Waals surface area contributed by atoms with Crippen LogP contribution in [-0.4, -0.2) is 19.0 Å². The van der Waals surface area contributed by atoms with Gasteiger partial charge in [-0.05, 0) is 6.92 Å². The molecule has 0 spiro atoms. The third-order valence-corrected chi connectivity index (χ3v) is 1.03. The predicted molar refractivity (Wildman–Crippen MR) is 30.5 cm³/mol. The summed E-state index contributed by atoms with van der Waals surface area (Å²) < 4.78 is 10.0. The highest BCUT2D eigenvalue weighted by Gasteiger charge is 2.34. The van der Waals surface area contributed by atoms with Gasteiger partial charge < -0.3 is 9.47 Å². The van der Waals surface area contributed by atoms with Crippen molar-refractivity contribution in [2.75, 3.05) is 6.61 Å². The van der Waals surface area contributed by atoms with E-state index in [1.54, 1.807) is 6.08 Å². The largest absolute Gasteiger partial charge is 0.346 e. The van der Waals surface area contributed by atoms with Gasteiger partial charge in [0.2, 0.25) is 0 Å². The molecule has 2 heteroatoms. The van der Waals surface area contributed by atoms with Crippen LogP contribution in [0.5, 0.6) is 0 Å². The second-order valence-electron chi connectivity index (χ2n) is 1.83. The van der Waals surface area contributed by atoms with E-state index in [9.17, 15) is 0 Å². The van der Waals surface area contributed by atoms with Crippen molar-refractivity contribution in [2.45, 2.75) is 19.3 Å². The molecule has 0 aromatic heterocycles. The zero-order valence-electron chi connectivity index (χ0n) is 4.96. The average molecular weight is 114 g/mol. The van der Waals surface area contributed by atoms with E-state index in [0.717, 1.165) is 0 Å². The van der Waals surface area contributed by atoms with Crippen LogP contribution >= 0.6 is 0 Å². The number of ether oxygens (including phenoxy) is 2. The van der Waals surface area contributed by atoms with Crippen LogP contribution in [0.25, 0.3) is 0 Å². The molecule has 8 heavy (non-hydrogen) atoms. The van der Waals surface area contributed by atoms with E-state index >= 15 is 0 Å². The summed E-state index contributed by atoms with van der Waals surface area (Å²) in [6.07, 6.45) is 2.07. The van der Waals surface area contributed by atoms with Gasteiger partial charge in [0.25, 0.3) is 0 Å². The second kappa shape index (κ2) is 2.29. The van der Waals surface area contributed by atoms with Crippen LogP contribution in [-0.2, 0) is 9.47 Å². The lowest BCUT2D eigenvalue weighted by atomic mass is 10.5. The first-order chi connectivity index (χ1) is 3.84. The Morgan fingerprint density at radius 1 is 1.88 bits per heavy atom. The lowest BCUT2D eigenvalue weighted by Gasteiger charge is -1.89. The molecule has 0 amide bonds. The fraction of sp³-hybridized carbons (Fsp3) is 0.667. The Morgan fingerprint density at radius 3 is 2.88 bits per heavy atom. The summed E-state index contributed by atoms with van der Waals surface area (Å²) in [5, 5.41) is 0. The summed E-state index contributed by atoms with van der Waals surface area (Å²) in [5.74, 6) is 0. The average Bonchev–Trinajstić information content (AvgIpc) is 2.42. The molecule has 1 rings (SSSR count). The second-order valence-corrected chi connectivity index (χ2v) is 1.83. The van der Waals surface area contributed by atoms with Gasteiger partial charge in [0, 0.05) is 0 Å². The van der Waals surface area contributed by atoms with Gasteiger partial charge in [0.05, 0.1) is 6.61 Å². The topological polar surface area (TPSA) is 21.8 Å². The first-order valence-corrected chi connectivity index (χ1v) is 2.72. The maximum atomic E-state index is 5.07. The molecule has 0 aliphatic carbocycles. The number of hydrogen-bond donors (Lipinski definition) is 0. The van der Waals surface area contributed by atoms with Crippen molar-refractivity contribution >= 4 is 0 Å². The molecule has 0 N–H and O–H groups in total. The molecular weight excluding hydrogens is 104 g/mol. The fourth-order valence-electron chi connectivity index (χ4n) is 0.504. The highest BCUT2D eigenvalue weighted by Crippen LogP contribution is 2.21. The minimum Gasteiger partial charge on any atom is -0.346 e. The number of rotatable bonds is 3. The molecule has 0 bridgehead atoms. The third-order valence-electron chi connectivity index (χ3n) is 1.03. The molecule has 2 nitrogen and oxygen atoms in total. The van der Waals surface area contributed by atoms with E-state index in [1.807, 2.05) is 6.92 Å². The van der Waals surface area contributed by atoms with Crippen LogP contribution in [0.3, 0.4) is 0 Å². The highest BCUT2D eigenvalue weighted by atomic mass is 16.8. The molecule has 1 saturated heterocycles. The first kappa shape index (κ1) is 5.79. The normalized spacial score (nSPS) is 34.6. The Balaban J connectivity index is 1.97. The monoisotopic (exact) mass is 114 g/mol. The molecule has 0 saturated carbocycles. The van der Waals surface area contributed by atoms with Crippen LogP contribution in [0.15, 0.2) is 12.7 Å². The van der Waals surface area contributed by atoms with Crippen molar-refractivity contribution in [1.29, 1.82) is 0 Å². The first-order valence-electron chi connectivity index (χ1n) is 2.72. The van der Waals surface area contributed by atoms with Crippen molar-refractivity contribution in [1.82, 2.24) is 0 Å². The van der Waals surface area contributed by atoms with E-state index in [1.165, 1.54) is 0 Å². The molecule has 46 valence electrons. The number of epoxide rings is 1. The maximum Gasteiger partial charge on any atom is 0.184 e. The van der Waals surface area contributed by atoms with Crippen molar-refractivity contribution in [2.24, 2.45) is 0 Å². The van der Waals surface area contributed by atoms with Gasteiger partial charge in [0.15, 0.2) is 6.29 Å². The Hall–Kier alpha value is -0.340. The van der Waals surface area contributed by atoms with Gasteiger partial charge in [-0.25, -0.2) is 0 Å². The number of hydrogen-bond acceptors (Lipinski definition) is 2. The van der Waals surface area contributed by atoms with E-state index in [-0.39, 0.29) is 6.29 Å². The Morgan fingerprint density at radius 2 is 2.50 bits per heavy atom. The van der Waals surface area contributed by atoms with E-state index in [2.05, 4.69) is 6.58 Å². The van der Waals surface area contributed by atoms with Gasteiger partial charge in [-0.3, -0.25) is 0 Å². The summed E-state index contributed by atoms with van der Waals surface area (Å²) in [5.41, 5.74) is 0. The molecule has 0 aromatic rings. The van der Waals surface area contributed by atoms with Crippen LogP contribution in [0.4, 0.5) is 0 Å². The Labute approximate surface area is 49.1 Å². The summed E-state index contributed by atoms with van der Waals surface area (Å²) in [6.45, 7) is 6.08. The van der Waals surface area contributed by atoms with Crippen LogP contribution < -0.4 is 0 Å². The summed E-state index contributed by atoms with van der Waals surface area (Å²) >= 11 is 0. The lowest BCUT2D eigenvalue weighted by Crippen LogP contribution is -1.96. The van der Waals surface area contributed by atoms with Gasteiger partial charge in [-0.1, -0.05) is 6.08 Å². The third kappa shape index (κ3) is 1.32. The summed E-state index contributed by atoms with van der Waals surface area (Å²) in [6, 6.07) is 0. The summed E-state index contributed by atoms with van der Waals surface area (Å²) in [4.78, 5) is 0. The van der Waals surface area contributed by atoms with Gasteiger partial charge in [-0.15, -0.1) is 6.58 Å². The van der Waals surface area contributed by atoms with Gasteiger partial charge >= 0.3 is 0 Å². The van der Waals surface area contributed by atoms with E-state index < -0.39 is 0 Å². The van der Waals surface area contributed by atoms with Gasteiger partial charge in [-0.2, -0.15) is 0 Å². The highest BCUT2D eigenvalue weighted by molar-refractivity contribution is 4.73. The van der Waals surface area contributed by atoms with Crippen molar-refractivity contribution < 1.29 is 9.47 Å². The molecule has 1 heterocycles. The molecule has 1 fully saturated rings. The minimum atomic E-state index is 0.0491. The maximum absolute atomic E-state index is 5.07. The van der Waals surface area contributed by atoms with Crippen LogP contribution in [0, 0.1) is 0 Å². The Bertz CT molecular complexity index is 90.5. The predicted octanol–water partition coefficient (Wildman–Crippen LogP) is 0.934. The lowest BCUT2D eigenvalue weighted by molar-refractivity contribution is 0.0697. The SMILES string of the molecule is C=CCOC1OC1C. The molecule has 0 aromatic carbocycles. The van der Waals surface area contributed by atoms with Crippen LogP contribution in [0.1, 0.15) is 6.92 Å². The minimum absolute atomic E-state index is 0.0491. The molecule has 0 radical (unpaired) electrons. The standard InChI is InChI=1S/C6H10O2/c1-3-4-7-6-5(2)8-6/h3,5-6H,1,4H2,2H3. The van der Waals surface area contributed by atoms with E-state index in [4.69, 9.17) is 9.47 Å². The molecule has 2 unspecified atom stereocenters. The smallest absolute Gasteiger partial charge is 0.184 e. The van der Waals surface area contributed by atoms with Crippen molar-refractivity contribution in [3.63, 3.8) is 0 Å². The Kier molecular flexibility index (Phi) is 1.65. The molecule has 2 atom stereocenters. The fourth-order valence-corrected chi connectivity index (χ4v) is 0.504. The molecule has 1 aliphatic rings. The van der Waals surface area contributed by atoms with E-state index in [0.29, 0.717) is 12.7 Å². The van der Waals surface area contributed by atoms with Crippen molar-refractivity contribution in [3.8, 4) is 0 Å². The van der Waals surface area contributed by atoms with Crippen molar-refractivity contribution in [3.05, 3.63) is 12.7 Å². The summed E-state index contributed by atoms with van der Waals surface area (Å²) in [7, 11) is 0. The van der Waals surface area contributed by atoms with Crippen LogP contribution in [0.2, 0.25) is 0 Å². The zero-order valence-corrected chi connectivity index (χ0v) is 4.96. The van der Waals surface area contributed by atoms with Gasteiger partial charge in [0.1, 0.15) is 6.10 Å². The quantitative estimate of drug-likeness (QED) is 0.402.